The van der Waals surface area contributed by atoms with Gasteiger partial charge in [-0.1, -0.05) is 12.1 Å². The SMILES string of the molecule is Cc1ccc2c(c1C(=O)O)OB(O)[C@@H](CC(=O)C(NC(=O)N1CCN(CCF)C(=O)C1=O)[C@@H](C)O)C2. The molecule has 3 rings (SSSR count). The van der Waals surface area contributed by atoms with Crippen molar-refractivity contribution in [3.05, 3.63) is 28.8 Å². The number of halogens is 1. The highest BCUT2D eigenvalue weighted by atomic mass is 19.1. The van der Waals surface area contributed by atoms with Gasteiger partial charge in [0, 0.05) is 31.9 Å². The van der Waals surface area contributed by atoms with E-state index in [2.05, 4.69) is 5.32 Å². The summed E-state index contributed by atoms with van der Waals surface area (Å²) in [6, 6.07) is 0.692. The van der Waals surface area contributed by atoms with Crippen molar-refractivity contribution in [2.24, 2.45) is 0 Å². The Hall–Kier alpha value is -3.52. The molecule has 36 heavy (non-hydrogen) atoms. The summed E-state index contributed by atoms with van der Waals surface area (Å²) in [7, 11) is -1.52. The van der Waals surface area contributed by atoms with Crippen molar-refractivity contribution in [2.45, 2.75) is 44.7 Å². The van der Waals surface area contributed by atoms with Crippen LogP contribution in [0.1, 0.15) is 34.8 Å². The topological polar surface area (TPSA) is 174 Å². The van der Waals surface area contributed by atoms with Crippen LogP contribution in [0.2, 0.25) is 5.82 Å². The number of amides is 4. The van der Waals surface area contributed by atoms with Gasteiger partial charge in [0.05, 0.1) is 6.10 Å². The fourth-order valence-corrected chi connectivity index (χ4v) is 4.31. The Morgan fingerprint density at radius 2 is 1.94 bits per heavy atom. The molecule has 0 radical (unpaired) electrons. The fourth-order valence-electron chi connectivity index (χ4n) is 4.31. The molecule has 0 spiro atoms. The number of carbonyl (C=O) groups excluding carboxylic acids is 4. The number of alkyl halides is 1. The number of hydrogen-bond donors (Lipinski definition) is 4. The molecule has 1 unspecified atom stereocenters. The molecule has 4 N–H and O–H groups in total. The summed E-state index contributed by atoms with van der Waals surface area (Å²) in [6.45, 7) is 1.43. The number of Topliss-reactive ketones (excluding diaryl/α,β-unsaturated/α-hetero) is 1. The van der Waals surface area contributed by atoms with Crippen LogP contribution in [-0.4, -0.2) is 100 Å². The summed E-state index contributed by atoms with van der Waals surface area (Å²) in [6.07, 6.45) is -1.62. The van der Waals surface area contributed by atoms with E-state index in [0.29, 0.717) is 16.0 Å². The third kappa shape index (κ3) is 5.49. The number of aromatic carboxylic acids is 1. The maximum atomic E-state index is 13.0. The number of imide groups is 1. The van der Waals surface area contributed by atoms with Crippen molar-refractivity contribution in [1.29, 1.82) is 0 Å². The molecule has 2 aliphatic heterocycles. The molecule has 1 aromatic rings. The van der Waals surface area contributed by atoms with Gasteiger partial charge in [0.25, 0.3) is 0 Å². The van der Waals surface area contributed by atoms with Crippen LogP contribution in [0.5, 0.6) is 5.75 Å². The van der Waals surface area contributed by atoms with Crippen LogP contribution < -0.4 is 9.97 Å². The standard InChI is InChI=1S/C22H27BFN3O9/c1-11-3-4-13-9-14(23(35)36-18(13)16(11)21(32)33)10-15(29)17(12(2)28)25-22(34)27-8-7-26(6-5-24)19(30)20(27)31/h3-4,12,14,17,28,35H,5-10H2,1-2H3,(H,25,34)(H,32,33)/t12-,14-,17?/m1/s1. The lowest BCUT2D eigenvalue weighted by atomic mass is 9.64. The van der Waals surface area contributed by atoms with Crippen molar-refractivity contribution >= 4 is 36.7 Å². The zero-order chi connectivity index (χ0) is 26.7. The van der Waals surface area contributed by atoms with Gasteiger partial charge >= 0.3 is 30.9 Å². The Bertz CT molecular complexity index is 1080. The van der Waals surface area contributed by atoms with E-state index in [1.54, 1.807) is 19.1 Å². The number of aliphatic hydroxyl groups excluding tert-OH is 1. The van der Waals surface area contributed by atoms with E-state index >= 15 is 0 Å². The number of aliphatic hydroxyl groups is 1. The number of nitrogens with one attached hydrogen (secondary N) is 1. The first-order valence-corrected chi connectivity index (χ1v) is 11.3. The van der Waals surface area contributed by atoms with Crippen molar-refractivity contribution < 1.29 is 48.3 Å². The average Bonchev–Trinajstić information content (AvgIpc) is 2.80. The molecule has 1 saturated heterocycles. The number of benzene rings is 1. The molecule has 12 nitrogen and oxygen atoms in total. The molecule has 0 aliphatic carbocycles. The van der Waals surface area contributed by atoms with Gasteiger partial charge in [-0.15, -0.1) is 0 Å². The van der Waals surface area contributed by atoms with E-state index in [-0.39, 0.29) is 43.8 Å². The number of carbonyl (C=O) groups is 5. The van der Waals surface area contributed by atoms with Gasteiger partial charge in [-0.25, -0.2) is 14.0 Å². The van der Waals surface area contributed by atoms with Crippen molar-refractivity contribution in [3.8, 4) is 5.75 Å². The molecule has 0 bridgehead atoms. The van der Waals surface area contributed by atoms with Crippen LogP contribution in [0.25, 0.3) is 0 Å². The first kappa shape index (κ1) is 27.1. The van der Waals surface area contributed by atoms with Gasteiger partial charge in [-0.2, -0.15) is 0 Å². The van der Waals surface area contributed by atoms with E-state index in [0.717, 1.165) is 4.90 Å². The van der Waals surface area contributed by atoms with E-state index < -0.39 is 61.4 Å². The minimum atomic E-state index is -1.52. The van der Waals surface area contributed by atoms with Crippen LogP contribution in [0.4, 0.5) is 9.18 Å². The number of aryl methyl sites for hydroxylation is 1. The third-order valence-electron chi connectivity index (χ3n) is 6.27. The van der Waals surface area contributed by atoms with E-state index in [9.17, 15) is 43.6 Å². The van der Waals surface area contributed by atoms with Gasteiger partial charge in [0.1, 0.15) is 24.0 Å². The quantitative estimate of drug-likeness (QED) is 0.268. The first-order valence-electron chi connectivity index (χ1n) is 11.3. The molecule has 4 amide bonds. The number of carboxylic acids is 1. The monoisotopic (exact) mass is 507 g/mol. The predicted octanol–water partition coefficient (Wildman–Crippen LogP) is -0.463. The second-order valence-corrected chi connectivity index (χ2v) is 8.80. The van der Waals surface area contributed by atoms with Crippen LogP contribution in [0.3, 0.4) is 0 Å². The molecule has 0 saturated carbocycles. The van der Waals surface area contributed by atoms with Gasteiger partial charge in [-0.05, 0) is 31.4 Å². The highest BCUT2D eigenvalue weighted by Gasteiger charge is 2.41. The minimum absolute atomic E-state index is 0.0224. The number of rotatable bonds is 8. The van der Waals surface area contributed by atoms with Crippen LogP contribution in [0, 0.1) is 6.92 Å². The van der Waals surface area contributed by atoms with Crippen molar-refractivity contribution in [2.75, 3.05) is 26.3 Å². The summed E-state index contributed by atoms with van der Waals surface area (Å²) in [5, 5.41) is 32.3. The number of fused-ring (bicyclic) bond motifs is 1. The maximum Gasteiger partial charge on any atom is 0.526 e. The number of nitrogens with zero attached hydrogens (tertiary/aromatic N) is 2. The Labute approximate surface area is 206 Å². The predicted molar refractivity (Wildman–Crippen MR) is 122 cm³/mol. The molecule has 194 valence electrons. The molecule has 14 heteroatoms. The van der Waals surface area contributed by atoms with Crippen LogP contribution in [0.15, 0.2) is 12.1 Å². The molecule has 1 fully saturated rings. The van der Waals surface area contributed by atoms with E-state index in [1.165, 1.54) is 6.92 Å². The highest BCUT2D eigenvalue weighted by Crippen LogP contribution is 2.37. The number of piperazine rings is 1. The summed E-state index contributed by atoms with van der Waals surface area (Å²) >= 11 is 0. The summed E-state index contributed by atoms with van der Waals surface area (Å²) in [4.78, 5) is 63.1. The van der Waals surface area contributed by atoms with Crippen LogP contribution >= 0.6 is 0 Å². The van der Waals surface area contributed by atoms with Crippen molar-refractivity contribution in [3.63, 3.8) is 0 Å². The molecule has 2 aliphatic rings. The molecule has 3 atom stereocenters. The Morgan fingerprint density at radius 3 is 2.56 bits per heavy atom. The second-order valence-electron chi connectivity index (χ2n) is 8.80. The number of ketones is 1. The lowest BCUT2D eigenvalue weighted by Gasteiger charge is -2.33. The number of carboxylic acid groups (broad SMARTS) is 1. The Morgan fingerprint density at radius 1 is 1.25 bits per heavy atom. The van der Waals surface area contributed by atoms with E-state index in [1.807, 2.05) is 0 Å². The fraction of sp³-hybridized carbons (Fsp3) is 0.500. The minimum Gasteiger partial charge on any atom is -0.535 e. The summed E-state index contributed by atoms with van der Waals surface area (Å²) in [5.41, 5.74) is 0.837. The first-order chi connectivity index (χ1) is 17.0. The van der Waals surface area contributed by atoms with Crippen LogP contribution in [-0.2, 0) is 20.8 Å². The normalized spacial score (nSPS) is 19.4. The van der Waals surface area contributed by atoms with E-state index in [4.69, 9.17) is 4.65 Å². The Kier molecular flexibility index (Phi) is 8.30. The largest absolute Gasteiger partial charge is 0.535 e. The molecule has 1 aromatic carbocycles. The maximum absolute atomic E-state index is 13.0. The summed E-state index contributed by atoms with van der Waals surface area (Å²) in [5.74, 6) is -4.90. The second kappa shape index (κ2) is 11.0. The number of hydrogen-bond acceptors (Lipinski definition) is 8. The van der Waals surface area contributed by atoms with Gasteiger partial charge in [0.2, 0.25) is 0 Å². The van der Waals surface area contributed by atoms with Gasteiger partial charge in [-0.3, -0.25) is 19.3 Å². The average molecular weight is 507 g/mol. The molecular weight excluding hydrogens is 480 g/mol. The van der Waals surface area contributed by atoms with Gasteiger partial charge < -0.3 is 30.1 Å². The summed E-state index contributed by atoms with van der Waals surface area (Å²) < 4.78 is 18.0. The Balaban J connectivity index is 1.70. The van der Waals surface area contributed by atoms with Crippen molar-refractivity contribution in [1.82, 2.24) is 15.1 Å². The molecule has 2 heterocycles. The molecular formula is C22H27BFN3O9. The highest BCUT2D eigenvalue weighted by molar-refractivity contribution is 6.47. The third-order valence-corrected chi connectivity index (χ3v) is 6.27. The lowest BCUT2D eigenvalue weighted by molar-refractivity contribution is -0.153. The zero-order valence-electron chi connectivity index (χ0n) is 19.8. The zero-order valence-corrected chi connectivity index (χ0v) is 19.8. The lowest BCUT2D eigenvalue weighted by Crippen LogP contribution is -2.61. The smallest absolute Gasteiger partial charge is 0.526 e. The molecule has 0 aromatic heterocycles. The number of urea groups is 1. The van der Waals surface area contributed by atoms with Gasteiger partial charge in [0.15, 0.2) is 5.78 Å².